The van der Waals surface area contributed by atoms with Gasteiger partial charge >= 0.3 is 6.03 Å². The van der Waals surface area contributed by atoms with E-state index in [1.165, 1.54) is 6.07 Å². The van der Waals surface area contributed by atoms with Crippen LogP contribution in [0.1, 0.15) is 13.8 Å². The van der Waals surface area contributed by atoms with Crippen molar-refractivity contribution < 1.29 is 13.6 Å². The molecule has 2 rings (SSSR count). The fourth-order valence-electron chi connectivity index (χ4n) is 2.82. The van der Waals surface area contributed by atoms with Gasteiger partial charge in [-0.25, -0.2) is 13.6 Å². The van der Waals surface area contributed by atoms with Gasteiger partial charge in [0.2, 0.25) is 0 Å². The van der Waals surface area contributed by atoms with Crippen molar-refractivity contribution in [1.82, 2.24) is 15.1 Å². The van der Waals surface area contributed by atoms with Crippen molar-refractivity contribution in [3.63, 3.8) is 0 Å². The summed E-state index contributed by atoms with van der Waals surface area (Å²) >= 11 is 0. The van der Waals surface area contributed by atoms with Crippen LogP contribution in [0.5, 0.6) is 0 Å². The van der Waals surface area contributed by atoms with E-state index in [0.717, 1.165) is 51.4 Å². The molecule has 1 unspecified atom stereocenters. The molecule has 0 aliphatic carbocycles. The molecule has 0 bridgehead atoms. The molecule has 5 nitrogen and oxygen atoms in total. The Kier molecular flexibility index (Phi) is 6.93. The monoisotopic (exact) mass is 340 g/mol. The van der Waals surface area contributed by atoms with E-state index in [9.17, 15) is 13.6 Å². The van der Waals surface area contributed by atoms with E-state index < -0.39 is 17.7 Å². The molecule has 1 heterocycles. The molecule has 1 aliphatic heterocycles. The third kappa shape index (κ3) is 5.72. The third-order valence-electron chi connectivity index (χ3n) is 4.27. The summed E-state index contributed by atoms with van der Waals surface area (Å²) in [6.07, 6.45) is 0. The lowest BCUT2D eigenvalue weighted by Gasteiger charge is -2.35. The van der Waals surface area contributed by atoms with E-state index in [1.54, 1.807) is 0 Å². The molecular weight excluding hydrogens is 314 g/mol. The Labute approximate surface area is 142 Å². The van der Waals surface area contributed by atoms with Crippen LogP contribution in [-0.2, 0) is 0 Å². The largest absolute Gasteiger partial charge is 0.338 e. The van der Waals surface area contributed by atoms with Gasteiger partial charge in [-0.2, -0.15) is 0 Å². The lowest BCUT2D eigenvalue weighted by Crippen LogP contribution is -2.48. The number of hydrogen-bond donors (Lipinski definition) is 2. The summed E-state index contributed by atoms with van der Waals surface area (Å²) in [4.78, 5) is 16.6. The zero-order valence-electron chi connectivity index (χ0n) is 14.3. The molecule has 0 radical (unpaired) electrons. The van der Waals surface area contributed by atoms with Gasteiger partial charge in [-0.15, -0.1) is 0 Å². The molecule has 134 valence electrons. The summed E-state index contributed by atoms with van der Waals surface area (Å²) in [5.74, 6) is -1.16. The average molecular weight is 340 g/mol. The highest BCUT2D eigenvalue weighted by Gasteiger charge is 2.17. The van der Waals surface area contributed by atoms with Gasteiger partial charge in [0.05, 0.1) is 5.69 Å². The topological polar surface area (TPSA) is 47.6 Å². The predicted molar refractivity (Wildman–Crippen MR) is 91.1 cm³/mol. The van der Waals surface area contributed by atoms with Gasteiger partial charge in [-0.3, -0.25) is 0 Å². The number of carbonyl (C=O) groups is 1. The second kappa shape index (κ2) is 8.94. The first-order valence-corrected chi connectivity index (χ1v) is 8.42. The molecule has 2 N–H and O–H groups in total. The van der Waals surface area contributed by atoms with Crippen LogP contribution in [0.25, 0.3) is 0 Å². The average Bonchev–Trinajstić information content (AvgIpc) is 2.56. The van der Waals surface area contributed by atoms with Crippen molar-refractivity contribution in [3.8, 4) is 0 Å². The number of carbonyl (C=O) groups excluding carboxylic acids is 1. The number of rotatable bonds is 6. The fourth-order valence-corrected chi connectivity index (χ4v) is 2.82. The smallest absolute Gasteiger partial charge is 0.319 e. The van der Waals surface area contributed by atoms with E-state index in [-0.39, 0.29) is 5.69 Å². The van der Waals surface area contributed by atoms with Gasteiger partial charge < -0.3 is 20.4 Å². The highest BCUT2D eigenvalue weighted by atomic mass is 19.1. The minimum Gasteiger partial charge on any atom is -0.338 e. The summed E-state index contributed by atoms with van der Waals surface area (Å²) in [6, 6.07) is 2.58. The van der Waals surface area contributed by atoms with Crippen molar-refractivity contribution in [3.05, 3.63) is 29.8 Å². The molecule has 0 saturated carbocycles. The zero-order valence-corrected chi connectivity index (χ0v) is 14.3. The number of likely N-dealkylation sites (N-methyl/N-ethyl adjacent to an activating group) is 1. The lowest BCUT2D eigenvalue weighted by atomic mass is 10.1. The number of benzene rings is 1. The minimum atomic E-state index is -0.785. The van der Waals surface area contributed by atoms with Gasteiger partial charge in [0, 0.05) is 45.3 Å². The number of piperazine rings is 1. The molecular formula is C17H26F2N4O. The SMILES string of the molecule is CCN1CCN(CC(C)CNC(=O)Nc2ccc(F)cc2F)CC1. The maximum absolute atomic E-state index is 13.5. The Morgan fingerprint density at radius 3 is 2.50 bits per heavy atom. The van der Waals surface area contributed by atoms with Crippen molar-refractivity contribution in [2.24, 2.45) is 5.92 Å². The zero-order chi connectivity index (χ0) is 17.5. The highest BCUT2D eigenvalue weighted by molar-refractivity contribution is 5.89. The van der Waals surface area contributed by atoms with E-state index in [2.05, 4.69) is 34.3 Å². The molecule has 0 aromatic heterocycles. The van der Waals surface area contributed by atoms with Crippen LogP contribution in [0.4, 0.5) is 19.3 Å². The molecule has 1 aromatic rings. The van der Waals surface area contributed by atoms with Crippen LogP contribution in [0.2, 0.25) is 0 Å². The minimum absolute atomic E-state index is 0.0303. The van der Waals surface area contributed by atoms with Gasteiger partial charge in [0.15, 0.2) is 0 Å². The molecule has 1 saturated heterocycles. The number of halogens is 2. The van der Waals surface area contributed by atoms with Gasteiger partial charge in [-0.1, -0.05) is 13.8 Å². The van der Waals surface area contributed by atoms with E-state index in [0.29, 0.717) is 12.5 Å². The summed E-state index contributed by atoms with van der Waals surface area (Å²) in [7, 11) is 0. The summed E-state index contributed by atoms with van der Waals surface area (Å²) in [6.45, 7) is 11.0. The molecule has 2 amide bonds. The van der Waals surface area contributed by atoms with Crippen molar-refractivity contribution in [2.45, 2.75) is 13.8 Å². The van der Waals surface area contributed by atoms with Crippen LogP contribution >= 0.6 is 0 Å². The number of nitrogens with one attached hydrogen (secondary N) is 2. The number of anilines is 1. The van der Waals surface area contributed by atoms with E-state index >= 15 is 0 Å². The van der Waals surface area contributed by atoms with Gasteiger partial charge in [0.25, 0.3) is 0 Å². The van der Waals surface area contributed by atoms with Crippen LogP contribution < -0.4 is 10.6 Å². The first-order chi connectivity index (χ1) is 11.5. The quantitative estimate of drug-likeness (QED) is 0.836. The molecule has 1 fully saturated rings. The maximum Gasteiger partial charge on any atom is 0.319 e. The predicted octanol–water partition coefficient (Wildman–Crippen LogP) is 2.36. The maximum atomic E-state index is 13.5. The van der Waals surface area contributed by atoms with Crippen LogP contribution in [0.3, 0.4) is 0 Å². The van der Waals surface area contributed by atoms with Crippen molar-refractivity contribution in [2.75, 3.05) is 51.1 Å². The molecule has 24 heavy (non-hydrogen) atoms. The first-order valence-electron chi connectivity index (χ1n) is 8.42. The number of hydrogen-bond acceptors (Lipinski definition) is 3. The number of nitrogens with zero attached hydrogens (tertiary/aromatic N) is 2. The molecule has 1 aromatic carbocycles. The number of urea groups is 1. The van der Waals surface area contributed by atoms with E-state index in [1.807, 2.05) is 0 Å². The van der Waals surface area contributed by atoms with E-state index in [4.69, 9.17) is 0 Å². The highest BCUT2D eigenvalue weighted by Crippen LogP contribution is 2.14. The molecule has 1 aliphatic rings. The third-order valence-corrected chi connectivity index (χ3v) is 4.27. The molecule has 7 heteroatoms. The van der Waals surface area contributed by atoms with Crippen molar-refractivity contribution >= 4 is 11.7 Å². The number of amides is 2. The Balaban J connectivity index is 1.69. The first kappa shape index (κ1) is 18.6. The van der Waals surface area contributed by atoms with Gasteiger partial charge in [-0.05, 0) is 24.6 Å². The lowest BCUT2D eigenvalue weighted by molar-refractivity contribution is 0.124. The van der Waals surface area contributed by atoms with Crippen LogP contribution in [0, 0.1) is 17.6 Å². The van der Waals surface area contributed by atoms with Crippen LogP contribution in [-0.4, -0.2) is 61.6 Å². The Bertz CT molecular complexity index is 547. The Morgan fingerprint density at radius 2 is 1.88 bits per heavy atom. The summed E-state index contributed by atoms with van der Waals surface area (Å²) in [5.41, 5.74) is -0.0303. The Hall–Kier alpha value is -1.73. The Morgan fingerprint density at radius 1 is 1.21 bits per heavy atom. The standard InChI is InChI=1S/C17H26F2N4O/c1-3-22-6-8-23(9-7-22)12-13(2)11-20-17(24)21-16-5-4-14(18)10-15(16)19/h4-5,10,13H,3,6-9,11-12H2,1-2H3,(H2,20,21,24). The van der Waals surface area contributed by atoms with Gasteiger partial charge in [0.1, 0.15) is 11.6 Å². The van der Waals surface area contributed by atoms with Crippen molar-refractivity contribution in [1.29, 1.82) is 0 Å². The van der Waals surface area contributed by atoms with Crippen LogP contribution in [0.15, 0.2) is 18.2 Å². The molecule has 1 atom stereocenters. The second-order valence-corrected chi connectivity index (χ2v) is 6.30. The normalized spacial score (nSPS) is 17.5. The fraction of sp³-hybridized carbons (Fsp3) is 0.588. The second-order valence-electron chi connectivity index (χ2n) is 6.30. The molecule has 0 spiro atoms. The summed E-state index contributed by atoms with van der Waals surface area (Å²) in [5, 5.41) is 5.13. The summed E-state index contributed by atoms with van der Waals surface area (Å²) < 4.78 is 26.3.